The lowest BCUT2D eigenvalue weighted by Crippen LogP contribution is -2.40. The summed E-state index contributed by atoms with van der Waals surface area (Å²) in [5.74, 6) is 2.10. The quantitative estimate of drug-likeness (QED) is 0.269. The van der Waals surface area contributed by atoms with E-state index in [2.05, 4.69) is 15.5 Å². The van der Waals surface area contributed by atoms with Gasteiger partial charge in [-0.1, -0.05) is 23.4 Å². The number of rotatable bonds is 7. The number of carbonyl (C=O) groups is 2. The number of benzene rings is 1. The molecule has 0 aliphatic rings. The molecule has 0 bridgehead atoms. The second-order valence-electron chi connectivity index (χ2n) is 8.03. The van der Waals surface area contributed by atoms with Gasteiger partial charge in [-0.2, -0.15) is 4.57 Å². The summed E-state index contributed by atoms with van der Waals surface area (Å²) in [6.45, 7) is 4.36. The van der Waals surface area contributed by atoms with Crippen LogP contribution in [0.15, 0.2) is 83.9 Å². The number of carboxylic acid groups (broad SMARTS) is 1. The number of amides is 1. The molecule has 37 heavy (non-hydrogen) atoms. The van der Waals surface area contributed by atoms with Crippen molar-refractivity contribution in [3.63, 3.8) is 0 Å². The molecule has 1 aromatic carbocycles. The van der Waals surface area contributed by atoms with Gasteiger partial charge in [-0.25, -0.2) is 4.98 Å². The van der Waals surface area contributed by atoms with E-state index >= 15 is 0 Å². The standard InChI is InChI=1S/C26H23N5O3.CH2O2/c1-18-25(19(2)34-29-18)23-16-28-24-15-20(10-13-31(23)24)26(32)27-11-14-30-12-6-9-22(17-30)33-21-7-4-3-5-8-21;2-1-3/h3-10,12-13,15-17H,11,14H2,1-2H3;1H,(H,2,3). The molecule has 0 spiro atoms. The van der Waals surface area contributed by atoms with Crippen molar-refractivity contribution >= 4 is 18.0 Å². The number of aromatic nitrogens is 4. The van der Waals surface area contributed by atoms with Crippen molar-refractivity contribution in [1.82, 2.24) is 19.9 Å². The van der Waals surface area contributed by atoms with Crippen LogP contribution in [0.25, 0.3) is 16.9 Å². The molecule has 0 atom stereocenters. The van der Waals surface area contributed by atoms with Crippen LogP contribution in [0.2, 0.25) is 0 Å². The molecule has 0 saturated heterocycles. The molecule has 0 fully saturated rings. The fourth-order valence-electron chi connectivity index (χ4n) is 3.88. The van der Waals surface area contributed by atoms with Gasteiger partial charge in [0.25, 0.3) is 5.91 Å². The lowest BCUT2D eigenvalue weighted by Gasteiger charge is -2.06. The zero-order valence-corrected chi connectivity index (χ0v) is 20.3. The van der Waals surface area contributed by atoms with Crippen LogP contribution in [0.5, 0.6) is 11.5 Å². The molecule has 5 aromatic rings. The van der Waals surface area contributed by atoms with Crippen molar-refractivity contribution in [3.05, 3.63) is 96.4 Å². The number of hydrogen-bond donors (Lipinski definition) is 1. The summed E-state index contributed by atoms with van der Waals surface area (Å²) in [6, 6.07) is 17.0. The van der Waals surface area contributed by atoms with Gasteiger partial charge in [-0.05, 0) is 44.2 Å². The molecule has 0 saturated carbocycles. The van der Waals surface area contributed by atoms with Crippen LogP contribution in [-0.2, 0) is 11.3 Å². The Morgan fingerprint density at radius 2 is 1.92 bits per heavy atom. The van der Waals surface area contributed by atoms with Crippen molar-refractivity contribution in [2.45, 2.75) is 20.4 Å². The van der Waals surface area contributed by atoms with E-state index < -0.39 is 6.47 Å². The number of fused-ring (bicyclic) bond motifs is 1. The Hall–Kier alpha value is -4.99. The third kappa shape index (κ3) is 5.99. The van der Waals surface area contributed by atoms with Crippen LogP contribution in [-0.4, -0.2) is 33.5 Å². The van der Waals surface area contributed by atoms with E-state index in [9.17, 15) is 4.79 Å². The number of pyridine rings is 2. The number of nitrogens with zero attached hydrogens (tertiary/aromatic N) is 4. The van der Waals surface area contributed by atoms with Crippen molar-refractivity contribution in [2.75, 3.05) is 6.54 Å². The maximum absolute atomic E-state index is 12.7. The van der Waals surface area contributed by atoms with Gasteiger partial charge in [-0.3, -0.25) is 9.20 Å². The summed E-state index contributed by atoms with van der Waals surface area (Å²) < 4.78 is 15.1. The van der Waals surface area contributed by atoms with Gasteiger partial charge < -0.3 is 24.5 Å². The van der Waals surface area contributed by atoms with Crippen molar-refractivity contribution < 1.29 is 28.5 Å². The van der Waals surface area contributed by atoms with E-state index in [1.807, 2.05) is 83.9 Å². The van der Waals surface area contributed by atoms with E-state index in [4.69, 9.17) is 19.2 Å². The number of aryl methyl sites for hydroxylation is 2. The second-order valence-corrected chi connectivity index (χ2v) is 8.03. The summed E-state index contributed by atoms with van der Waals surface area (Å²) in [7, 11) is 0. The molecule has 4 heterocycles. The highest BCUT2D eigenvalue weighted by Gasteiger charge is 2.17. The van der Waals surface area contributed by atoms with Crippen LogP contribution in [0.1, 0.15) is 21.8 Å². The van der Waals surface area contributed by atoms with Gasteiger partial charge in [0.2, 0.25) is 6.20 Å². The molecule has 5 rings (SSSR count). The van der Waals surface area contributed by atoms with Crippen molar-refractivity contribution in [1.29, 1.82) is 0 Å². The van der Waals surface area contributed by atoms with E-state index in [-0.39, 0.29) is 5.91 Å². The smallest absolute Gasteiger partial charge is 0.251 e. The number of carbonyl (C=O) groups excluding carboxylic acids is 2. The summed E-state index contributed by atoms with van der Waals surface area (Å²) in [4.78, 5) is 25.4. The first-order valence-corrected chi connectivity index (χ1v) is 11.5. The Balaban J connectivity index is 0.00000102. The Morgan fingerprint density at radius 1 is 1.16 bits per heavy atom. The summed E-state index contributed by atoms with van der Waals surface area (Å²) in [6.07, 6.45) is 7.46. The highest BCUT2D eigenvalue weighted by atomic mass is 16.5. The Morgan fingerprint density at radius 3 is 2.65 bits per heavy atom. The molecule has 0 aliphatic heterocycles. The summed E-state index contributed by atoms with van der Waals surface area (Å²) >= 11 is 0. The average molecular weight is 500 g/mol. The molecule has 4 aromatic heterocycles. The first-order valence-electron chi connectivity index (χ1n) is 11.5. The fraction of sp³-hybridized carbons (Fsp3) is 0.148. The van der Waals surface area contributed by atoms with Gasteiger partial charge in [0.1, 0.15) is 17.2 Å². The lowest BCUT2D eigenvalue weighted by molar-refractivity contribution is -0.695. The first kappa shape index (κ1) is 25.1. The maximum atomic E-state index is 12.7. The van der Waals surface area contributed by atoms with E-state index in [0.29, 0.717) is 24.3 Å². The molecule has 0 radical (unpaired) electrons. The largest absolute Gasteiger partial charge is 0.554 e. The highest BCUT2D eigenvalue weighted by Crippen LogP contribution is 2.27. The molecule has 1 N–H and O–H groups in total. The normalized spacial score (nSPS) is 10.4. The predicted octanol–water partition coefficient (Wildman–Crippen LogP) is 2.48. The zero-order valence-electron chi connectivity index (χ0n) is 20.3. The van der Waals surface area contributed by atoms with Crippen LogP contribution in [0, 0.1) is 13.8 Å². The summed E-state index contributed by atoms with van der Waals surface area (Å²) in [5, 5.41) is 15.2. The topological polar surface area (TPSA) is 126 Å². The maximum Gasteiger partial charge on any atom is 0.251 e. The fourth-order valence-corrected chi connectivity index (χ4v) is 3.88. The second kappa shape index (κ2) is 11.6. The number of para-hydroxylation sites is 1. The molecule has 10 heteroatoms. The first-order chi connectivity index (χ1) is 18.0. The molecule has 188 valence electrons. The predicted molar refractivity (Wildman–Crippen MR) is 132 cm³/mol. The minimum atomic E-state index is -0.500. The monoisotopic (exact) mass is 499 g/mol. The van der Waals surface area contributed by atoms with Crippen LogP contribution in [0.4, 0.5) is 0 Å². The Bertz CT molecular complexity index is 1490. The molecule has 0 aliphatic carbocycles. The van der Waals surface area contributed by atoms with Crippen LogP contribution >= 0.6 is 0 Å². The average Bonchev–Trinajstić information content (AvgIpc) is 3.46. The zero-order chi connectivity index (χ0) is 26.2. The molecule has 10 nitrogen and oxygen atoms in total. The minimum Gasteiger partial charge on any atom is -0.554 e. The van der Waals surface area contributed by atoms with Gasteiger partial charge in [0.05, 0.1) is 29.7 Å². The molecular formula is C27H25N5O5. The van der Waals surface area contributed by atoms with Gasteiger partial charge in [-0.15, -0.1) is 0 Å². The van der Waals surface area contributed by atoms with Crippen molar-refractivity contribution in [2.24, 2.45) is 0 Å². The van der Waals surface area contributed by atoms with Crippen LogP contribution < -0.4 is 19.7 Å². The Kier molecular flexibility index (Phi) is 7.89. The highest BCUT2D eigenvalue weighted by molar-refractivity contribution is 5.95. The number of imidazole rings is 1. The minimum absolute atomic E-state index is 0.151. The number of hydrogen-bond acceptors (Lipinski definition) is 7. The van der Waals surface area contributed by atoms with E-state index in [1.54, 1.807) is 18.3 Å². The third-order valence-electron chi connectivity index (χ3n) is 5.53. The van der Waals surface area contributed by atoms with Crippen molar-refractivity contribution in [3.8, 4) is 22.8 Å². The molecule has 1 amide bonds. The van der Waals surface area contributed by atoms with E-state index in [0.717, 1.165) is 34.2 Å². The number of nitrogens with one attached hydrogen (secondary N) is 1. The molecule has 0 unspecified atom stereocenters. The van der Waals surface area contributed by atoms with Gasteiger partial charge in [0, 0.05) is 24.3 Å². The lowest BCUT2D eigenvalue weighted by atomic mass is 10.1. The van der Waals surface area contributed by atoms with Crippen LogP contribution in [0.3, 0.4) is 0 Å². The van der Waals surface area contributed by atoms with Gasteiger partial charge >= 0.3 is 0 Å². The SMILES string of the molecule is Cc1noc(C)c1-c1cnc2cc(C(=O)NCC[n+]3cccc(Oc4ccccc4)c3)ccn12.O=C[O-]. The summed E-state index contributed by atoms with van der Waals surface area (Å²) in [5.41, 5.74) is 3.83. The third-order valence-corrected chi connectivity index (χ3v) is 5.53. The molecular weight excluding hydrogens is 474 g/mol. The van der Waals surface area contributed by atoms with Gasteiger partial charge in [0.15, 0.2) is 18.5 Å². The Labute approximate surface area is 212 Å². The van der Waals surface area contributed by atoms with E-state index in [1.165, 1.54) is 0 Å². The number of ether oxygens (including phenoxy) is 1.